The van der Waals surface area contributed by atoms with Gasteiger partial charge in [-0.2, -0.15) is 0 Å². The van der Waals surface area contributed by atoms with Gasteiger partial charge in [0.2, 0.25) is 5.91 Å². The second kappa shape index (κ2) is 6.65. The molecule has 0 unspecified atom stereocenters. The molecule has 0 aliphatic rings. The summed E-state index contributed by atoms with van der Waals surface area (Å²) in [5, 5.41) is 2.96. The first-order chi connectivity index (χ1) is 12.3. The highest BCUT2D eigenvalue weighted by Crippen LogP contribution is 2.25. The molecule has 1 N–H and O–H groups in total. The number of imidazole rings is 1. The summed E-state index contributed by atoms with van der Waals surface area (Å²) in [6, 6.07) is 21.3. The molecule has 2 aromatic heterocycles. The van der Waals surface area contributed by atoms with Crippen molar-refractivity contribution in [3.05, 3.63) is 78.6 Å². The van der Waals surface area contributed by atoms with Crippen LogP contribution in [0.5, 0.6) is 0 Å². The third-order valence-electron chi connectivity index (χ3n) is 4.03. The third-order valence-corrected chi connectivity index (χ3v) is 4.03. The van der Waals surface area contributed by atoms with E-state index in [1.54, 1.807) is 6.26 Å². The number of para-hydroxylation sites is 2. The molecule has 124 valence electrons. The molecule has 0 radical (unpaired) electrons. The number of hydrogen-bond donors (Lipinski definition) is 1. The van der Waals surface area contributed by atoms with Crippen LogP contribution in [-0.2, 0) is 17.9 Å². The van der Waals surface area contributed by atoms with E-state index >= 15 is 0 Å². The molecule has 0 aliphatic heterocycles. The van der Waals surface area contributed by atoms with Crippen LogP contribution in [0.4, 0.5) is 0 Å². The average molecular weight is 331 g/mol. The van der Waals surface area contributed by atoms with Gasteiger partial charge in [-0.3, -0.25) is 4.79 Å². The molecule has 0 aliphatic carbocycles. The number of nitrogens with zero attached hydrogens (tertiary/aromatic N) is 2. The van der Waals surface area contributed by atoms with Crippen LogP contribution in [0.25, 0.3) is 22.6 Å². The van der Waals surface area contributed by atoms with Crippen LogP contribution < -0.4 is 5.32 Å². The quantitative estimate of drug-likeness (QED) is 0.608. The number of fused-ring (bicyclic) bond motifs is 1. The minimum Gasteiger partial charge on any atom is -0.461 e. The fourth-order valence-corrected chi connectivity index (χ4v) is 2.83. The Hall–Kier alpha value is -3.34. The second-order valence-electron chi connectivity index (χ2n) is 5.75. The summed E-state index contributed by atoms with van der Waals surface area (Å²) in [4.78, 5) is 17.1. The van der Waals surface area contributed by atoms with E-state index in [4.69, 9.17) is 4.42 Å². The molecule has 0 saturated carbocycles. The van der Waals surface area contributed by atoms with E-state index in [0.29, 0.717) is 18.1 Å². The number of furan rings is 1. The molecule has 4 aromatic rings. The molecule has 0 spiro atoms. The molecule has 2 aromatic carbocycles. The van der Waals surface area contributed by atoms with Crippen LogP contribution in [0.1, 0.15) is 5.56 Å². The molecule has 1 amide bonds. The maximum absolute atomic E-state index is 12.5. The lowest BCUT2D eigenvalue weighted by atomic mass is 10.2. The Morgan fingerprint density at radius 3 is 2.60 bits per heavy atom. The molecule has 5 heteroatoms. The highest BCUT2D eigenvalue weighted by molar-refractivity contribution is 5.83. The van der Waals surface area contributed by atoms with Gasteiger partial charge in [0.1, 0.15) is 6.54 Å². The zero-order valence-corrected chi connectivity index (χ0v) is 13.6. The Bertz CT molecular complexity index is 988. The number of carbonyl (C=O) groups is 1. The minimum atomic E-state index is -0.0696. The minimum absolute atomic E-state index is 0.0696. The van der Waals surface area contributed by atoms with Gasteiger partial charge < -0.3 is 14.3 Å². The Balaban J connectivity index is 1.60. The predicted octanol–water partition coefficient (Wildman–Crippen LogP) is 3.61. The summed E-state index contributed by atoms with van der Waals surface area (Å²) >= 11 is 0. The van der Waals surface area contributed by atoms with Gasteiger partial charge in [0.15, 0.2) is 11.6 Å². The first-order valence-electron chi connectivity index (χ1n) is 8.11. The van der Waals surface area contributed by atoms with E-state index in [-0.39, 0.29) is 12.5 Å². The average Bonchev–Trinajstić information content (AvgIpc) is 3.29. The van der Waals surface area contributed by atoms with Crippen LogP contribution in [0.2, 0.25) is 0 Å². The van der Waals surface area contributed by atoms with Crippen LogP contribution >= 0.6 is 0 Å². The fraction of sp³-hybridized carbons (Fsp3) is 0.100. The summed E-state index contributed by atoms with van der Waals surface area (Å²) in [7, 11) is 0. The van der Waals surface area contributed by atoms with E-state index in [1.807, 2.05) is 71.3 Å². The predicted molar refractivity (Wildman–Crippen MR) is 95.7 cm³/mol. The van der Waals surface area contributed by atoms with Gasteiger partial charge in [0.25, 0.3) is 0 Å². The molecular weight excluding hydrogens is 314 g/mol. The van der Waals surface area contributed by atoms with Crippen LogP contribution in [0.15, 0.2) is 77.4 Å². The summed E-state index contributed by atoms with van der Waals surface area (Å²) in [6.07, 6.45) is 1.61. The fourth-order valence-electron chi connectivity index (χ4n) is 2.83. The van der Waals surface area contributed by atoms with Crippen molar-refractivity contribution in [2.45, 2.75) is 13.1 Å². The van der Waals surface area contributed by atoms with Crippen molar-refractivity contribution in [3.8, 4) is 11.6 Å². The summed E-state index contributed by atoms with van der Waals surface area (Å²) < 4.78 is 7.37. The molecule has 0 bridgehead atoms. The Morgan fingerprint density at radius 2 is 1.80 bits per heavy atom. The van der Waals surface area contributed by atoms with Crippen molar-refractivity contribution in [1.29, 1.82) is 0 Å². The molecule has 0 fully saturated rings. The van der Waals surface area contributed by atoms with E-state index in [1.165, 1.54) is 0 Å². The van der Waals surface area contributed by atoms with Gasteiger partial charge in [-0.1, -0.05) is 42.5 Å². The van der Waals surface area contributed by atoms with Crippen molar-refractivity contribution >= 4 is 16.9 Å². The summed E-state index contributed by atoms with van der Waals surface area (Å²) in [6.45, 7) is 0.686. The van der Waals surface area contributed by atoms with Crippen molar-refractivity contribution in [3.63, 3.8) is 0 Å². The Kier molecular flexibility index (Phi) is 4.04. The summed E-state index contributed by atoms with van der Waals surface area (Å²) in [5.74, 6) is 1.23. The van der Waals surface area contributed by atoms with Gasteiger partial charge in [0, 0.05) is 6.54 Å². The van der Waals surface area contributed by atoms with E-state index in [2.05, 4.69) is 10.3 Å². The second-order valence-corrected chi connectivity index (χ2v) is 5.75. The Labute approximate surface area is 144 Å². The topological polar surface area (TPSA) is 60.1 Å². The third kappa shape index (κ3) is 3.17. The number of rotatable bonds is 5. The number of benzene rings is 2. The zero-order chi connectivity index (χ0) is 17.1. The number of amides is 1. The SMILES string of the molecule is O=C(Cn1c(-c2ccco2)nc2ccccc21)NCc1ccccc1. The highest BCUT2D eigenvalue weighted by Gasteiger charge is 2.16. The van der Waals surface area contributed by atoms with Crippen LogP contribution in [0, 0.1) is 0 Å². The smallest absolute Gasteiger partial charge is 0.240 e. The van der Waals surface area contributed by atoms with E-state index < -0.39 is 0 Å². The highest BCUT2D eigenvalue weighted by atomic mass is 16.3. The van der Waals surface area contributed by atoms with Crippen molar-refractivity contribution in [2.75, 3.05) is 0 Å². The Morgan fingerprint density at radius 1 is 1.00 bits per heavy atom. The number of carbonyl (C=O) groups excluding carboxylic acids is 1. The van der Waals surface area contributed by atoms with Crippen LogP contribution in [-0.4, -0.2) is 15.5 Å². The molecule has 5 nitrogen and oxygen atoms in total. The monoisotopic (exact) mass is 331 g/mol. The largest absolute Gasteiger partial charge is 0.461 e. The summed E-state index contributed by atoms with van der Waals surface area (Å²) in [5.41, 5.74) is 2.81. The lowest BCUT2D eigenvalue weighted by Crippen LogP contribution is -2.27. The standard InChI is InChI=1S/C20H17N3O2/c24-19(21-13-15-7-2-1-3-8-15)14-23-17-10-5-4-9-16(17)22-20(23)18-11-6-12-25-18/h1-12H,13-14H2,(H,21,24). The number of aromatic nitrogens is 2. The van der Waals surface area contributed by atoms with Gasteiger partial charge in [-0.05, 0) is 29.8 Å². The number of nitrogens with one attached hydrogen (secondary N) is 1. The molecule has 2 heterocycles. The van der Waals surface area contributed by atoms with Crippen molar-refractivity contribution in [1.82, 2.24) is 14.9 Å². The lowest BCUT2D eigenvalue weighted by Gasteiger charge is -2.09. The molecule has 4 rings (SSSR count). The maximum atomic E-state index is 12.5. The molecule has 25 heavy (non-hydrogen) atoms. The maximum Gasteiger partial charge on any atom is 0.240 e. The van der Waals surface area contributed by atoms with Gasteiger partial charge in [-0.25, -0.2) is 4.98 Å². The lowest BCUT2D eigenvalue weighted by molar-refractivity contribution is -0.121. The molecular formula is C20H17N3O2. The normalized spacial score (nSPS) is 10.9. The first kappa shape index (κ1) is 15.2. The van der Waals surface area contributed by atoms with Gasteiger partial charge in [-0.15, -0.1) is 0 Å². The van der Waals surface area contributed by atoms with E-state index in [9.17, 15) is 4.79 Å². The molecule has 0 saturated heterocycles. The van der Waals surface area contributed by atoms with Crippen molar-refractivity contribution < 1.29 is 9.21 Å². The zero-order valence-electron chi connectivity index (χ0n) is 13.6. The van der Waals surface area contributed by atoms with Crippen molar-refractivity contribution in [2.24, 2.45) is 0 Å². The van der Waals surface area contributed by atoms with E-state index in [0.717, 1.165) is 16.6 Å². The first-order valence-corrected chi connectivity index (χ1v) is 8.11. The van der Waals surface area contributed by atoms with Gasteiger partial charge >= 0.3 is 0 Å². The number of hydrogen-bond acceptors (Lipinski definition) is 3. The molecule has 0 atom stereocenters. The van der Waals surface area contributed by atoms with Crippen LogP contribution in [0.3, 0.4) is 0 Å². The van der Waals surface area contributed by atoms with Gasteiger partial charge in [0.05, 0.1) is 17.3 Å².